The van der Waals surface area contributed by atoms with Crippen LogP contribution in [0.2, 0.25) is 0 Å². The van der Waals surface area contributed by atoms with Gasteiger partial charge in [0.05, 0.1) is 23.9 Å². The lowest BCUT2D eigenvalue weighted by atomic mass is 9.55. The Bertz CT molecular complexity index is 970. The third-order valence-electron chi connectivity index (χ3n) is 5.29. The maximum Gasteiger partial charge on any atom is 0.410 e. The van der Waals surface area contributed by atoms with Gasteiger partial charge in [-0.25, -0.2) is 4.79 Å². The quantitative estimate of drug-likeness (QED) is 0.708. The molecule has 2 aliphatic rings. The molecular formula is C21H21N5O2S. The normalized spacial score (nSPS) is 25.7. The molecule has 1 aliphatic carbocycles. The molecule has 0 saturated heterocycles. The minimum Gasteiger partial charge on any atom is -0.444 e. The molecule has 1 aliphatic heterocycles. The summed E-state index contributed by atoms with van der Waals surface area (Å²) in [6, 6.07) is 9.85. The van der Waals surface area contributed by atoms with Gasteiger partial charge in [0, 0.05) is 29.8 Å². The highest BCUT2D eigenvalue weighted by Gasteiger charge is 2.58. The SMILES string of the molecule is CC(C)(C)OC(=O)N1CC=C2C(C#N)C(=N)C(C#N)(C#N)[C@@H](c3cccs3)[C@H]2C1. The highest BCUT2D eigenvalue weighted by molar-refractivity contribution is 7.10. The van der Waals surface area contributed by atoms with Crippen molar-refractivity contribution in [3.63, 3.8) is 0 Å². The number of carbonyl (C=O) groups excluding carboxylic acids is 1. The van der Waals surface area contributed by atoms with E-state index in [2.05, 4.69) is 6.07 Å². The predicted molar refractivity (Wildman–Crippen MR) is 107 cm³/mol. The largest absolute Gasteiger partial charge is 0.444 e. The van der Waals surface area contributed by atoms with Crippen molar-refractivity contribution in [2.24, 2.45) is 17.3 Å². The van der Waals surface area contributed by atoms with Crippen molar-refractivity contribution in [3.8, 4) is 18.2 Å². The smallest absolute Gasteiger partial charge is 0.410 e. The topological polar surface area (TPSA) is 125 Å². The van der Waals surface area contributed by atoms with Gasteiger partial charge in [-0.15, -0.1) is 11.3 Å². The van der Waals surface area contributed by atoms with E-state index in [0.29, 0.717) is 5.57 Å². The van der Waals surface area contributed by atoms with Gasteiger partial charge in [-0.1, -0.05) is 12.1 Å². The monoisotopic (exact) mass is 407 g/mol. The molecule has 1 saturated carbocycles. The van der Waals surface area contributed by atoms with Crippen LogP contribution in [-0.2, 0) is 4.74 Å². The molecule has 3 atom stereocenters. The van der Waals surface area contributed by atoms with Gasteiger partial charge in [0.2, 0.25) is 0 Å². The number of hydrogen-bond acceptors (Lipinski definition) is 7. The van der Waals surface area contributed by atoms with E-state index in [9.17, 15) is 20.6 Å². The lowest BCUT2D eigenvalue weighted by Gasteiger charge is -2.47. The van der Waals surface area contributed by atoms with Gasteiger partial charge in [0.15, 0.2) is 5.41 Å². The Kier molecular flexibility index (Phi) is 5.22. The molecule has 1 aromatic heterocycles. The third kappa shape index (κ3) is 3.39. The average molecular weight is 407 g/mol. The Morgan fingerprint density at radius 3 is 2.55 bits per heavy atom. The van der Waals surface area contributed by atoms with E-state index in [1.165, 1.54) is 16.2 Å². The van der Waals surface area contributed by atoms with Gasteiger partial charge in [-0.3, -0.25) is 0 Å². The average Bonchev–Trinajstić information content (AvgIpc) is 3.19. The third-order valence-corrected chi connectivity index (χ3v) is 6.25. The first-order chi connectivity index (χ1) is 13.7. The molecule has 29 heavy (non-hydrogen) atoms. The number of amides is 1. The number of nitriles is 3. The van der Waals surface area contributed by atoms with Gasteiger partial charge in [0.25, 0.3) is 0 Å². The zero-order valence-corrected chi connectivity index (χ0v) is 17.3. The van der Waals surface area contributed by atoms with Crippen LogP contribution in [0.4, 0.5) is 4.79 Å². The van der Waals surface area contributed by atoms with Crippen LogP contribution in [0.5, 0.6) is 0 Å². The van der Waals surface area contributed by atoms with Gasteiger partial charge in [-0.2, -0.15) is 15.8 Å². The Hall–Kier alpha value is -3.15. The van der Waals surface area contributed by atoms with Crippen molar-refractivity contribution in [2.45, 2.75) is 32.3 Å². The standard InChI is InChI=1S/C21H21N5O2S/c1-20(2,3)28-19(27)26-7-6-13-14(9-22)18(25)21(11-23,12-24)17(15(13)10-26)16-5-4-8-29-16/h4-6,8,14-15,17,25H,7,10H2,1-3H3/t14?,15-,17+/m0/s1. The lowest BCUT2D eigenvalue weighted by Crippen LogP contribution is -2.53. The van der Waals surface area contributed by atoms with E-state index >= 15 is 0 Å². The van der Waals surface area contributed by atoms with Crippen LogP contribution in [0.1, 0.15) is 31.6 Å². The molecule has 0 spiro atoms. The Morgan fingerprint density at radius 2 is 2.03 bits per heavy atom. The molecule has 7 nitrogen and oxygen atoms in total. The van der Waals surface area contributed by atoms with Crippen LogP contribution in [0.25, 0.3) is 0 Å². The van der Waals surface area contributed by atoms with Crippen LogP contribution in [0.15, 0.2) is 29.2 Å². The fourth-order valence-corrected chi connectivity index (χ4v) is 5.02. The van der Waals surface area contributed by atoms with Crippen molar-refractivity contribution in [2.75, 3.05) is 13.1 Å². The summed E-state index contributed by atoms with van der Waals surface area (Å²) in [5.41, 5.74) is -1.89. The van der Waals surface area contributed by atoms with Crippen LogP contribution >= 0.6 is 11.3 Å². The van der Waals surface area contributed by atoms with E-state index in [-0.39, 0.29) is 18.8 Å². The molecule has 1 aromatic rings. The summed E-state index contributed by atoms with van der Waals surface area (Å²) in [7, 11) is 0. The van der Waals surface area contributed by atoms with Crippen molar-refractivity contribution in [3.05, 3.63) is 34.0 Å². The van der Waals surface area contributed by atoms with E-state index in [1.54, 1.807) is 26.8 Å². The van der Waals surface area contributed by atoms with Crippen molar-refractivity contribution in [1.29, 1.82) is 21.2 Å². The van der Waals surface area contributed by atoms with Crippen molar-refractivity contribution >= 4 is 23.1 Å². The van der Waals surface area contributed by atoms with Crippen molar-refractivity contribution < 1.29 is 9.53 Å². The molecule has 1 unspecified atom stereocenters. The number of rotatable bonds is 1. The van der Waals surface area contributed by atoms with E-state index < -0.39 is 34.9 Å². The number of fused-ring (bicyclic) bond motifs is 1. The van der Waals surface area contributed by atoms with Crippen LogP contribution in [0, 0.1) is 56.7 Å². The zero-order chi connectivity index (χ0) is 21.4. The first kappa shape index (κ1) is 20.6. The second-order valence-corrected chi connectivity index (χ2v) is 9.18. The van der Waals surface area contributed by atoms with Gasteiger partial charge < -0.3 is 15.0 Å². The lowest BCUT2D eigenvalue weighted by molar-refractivity contribution is 0.0222. The number of nitrogens with zero attached hydrogens (tertiary/aromatic N) is 4. The molecule has 8 heteroatoms. The molecule has 1 N–H and O–H groups in total. The van der Waals surface area contributed by atoms with Gasteiger partial charge in [-0.05, 0) is 37.8 Å². The second-order valence-electron chi connectivity index (χ2n) is 8.20. The maximum atomic E-state index is 12.6. The van der Waals surface area contributed by atoms with Gasteiger partial charge >= 0.3 is 6.09 Å². The minimum absolute atomic E-state index is 0.184. The Labute approximate surface area is 173 Å². The second kappa shape index (κ2) is 7.35. The van der Waals surface area contributed by atoms with Gasteiger partial charge in [0.1, 0.15) is 11.5 Å². The molecule has 148 valence electrons. The van der Waals surface area contributed by atoms with Crippen LogP contribution < -0.4 is 0 Å². The molecule has 0 radical (unpaired) electrons. The summed E-state index contributed by atoms with van der Waals surface area (Å²) in [6.07, 6.45) is 1.30. The molecule has 1 fully saturated rings. The summed E-state index contributed by atoms with van der Waals surface area (Å²) in [5, 5.41) is 40.1. The Balaban J connectivity index is 2.10. The fourth-order valence-electron chi connectivity index (χ4n) is 4.06. The summed E-state index contributed by atoms with van der Waals surface area (Å²) >= 11 is 1.41. The highest BCUT2D eigenvalue weighted by Crippen LogP contribution is 2.54. The molecule has 0 aromatic carbocycles. The first-order valence-electron chi connectivity index (χ1n) is 9.20. The molecule has 0 bridgehead atoms. The first-order valence-corrected chi connectivity index (χ1v) is 10.1. The maximum absolute atomic E-state index is 12.6. The minimum atomic E-state index is -1.76. The summed E-state index contributed by atoms with van der Waals surface area (Å²) in [4.78, 5) is 15.0. The van der Waals surface area contributed by atoms with Crippen molar-refractivity contribution in [1.82, 2.24) is 4.90 Å². The number of ether oxygens (including phenoxy) is 1. The summed E-state index contributed by atoms with van der Waals surface area (Å²) in [5.74, 6) is -2.00. The molecule has 2 heterocycles. The number of nitrogens with one attached hydrogen (secondary N) is 1. The summed E-state index contributed by atoms with van der Waals surface area (Å²) < 4.78 is 5.48. The molecule has 1 amide bonds. The number of thiophene rings is 1. The fraction of sp³-hybridized carbons (Fsp3) is 0.476. The molecule has 3 rings (SSSR count). The van der Waals surface area contributed by atoms with Crippen LogP contribution in [0.3, 0.4) is 0 Å². The number of hydrogen-bond donors (Lipinski definition) is 1. The van der Waals surface area contributed by atoms with Crippen LogP contribution in [-0.4, -0.2) is 35.4 Å². The Morgan fingerprint density at radius 1 is 1.34 bits per heavy atom. The molecular weight excluding hydrogens is 386 g/mol. The van der Waals surface area contributed by atoms with E-state index in [1.807, 2.05) is 29.7 Å². The predicted octanol–water partition coefficient (Wildman–Crippen LogP) is 3.83. The summed E-state index contributed by atoms with van der Waals surface area (Å²) in [6.45, 7) is 5.84. The highest BCUT2D eigenvalue weighted by atomic mass is 32.1. The zero-order valence-electron chi connectivity index (χ0n) is 16.5. The van der Waals surface area contributed by atoms with E-state index in [0.717, 1.165) is 4.88 Å². The number of carbonyl (C=O) groups is 1. The van der Waals surface area contributed by atoms with E-state index in [4.69, 9.17) is 10.1 Å².